The standard InChI is InChI=1S/C19H20F4O5/c1-8(17(24)25)5-11-12(19(11,2)3)18(26)28-7-10-15(22)13(20)9(6-27-4)14(21)16(10)23/h5,11-12H,6-7H2,1-4H3,(H,24,25)/b8-5+. The van der Waals surface area contributed by atoms with Crippen LogP contribution >= 0.6 is 0 Å². The fourth-order valence-electron chi connectivity index (χ4n) is 3.13. The van der Waals surface area contributed by atoms with Gasteiger partial charge in [0.1, 0.15) is 6.61 Å². The predicted molar refractivity (Wildman–Crippen MR) is 88.9 cm³/mol. The van der Waals surface area contributed by atoms with Gasteiger partial charge < -0.3 is 14.6 Å². The molecule has 0 aromatic heterocycles. The van der Waals surface area contributed by atoms with Gasteiger partial charge in [-0.05, 0) is 18.3 Å². The van der Waals surface area contributed by atoms with Crippen LogP contribution in [-0.2, 0) is 32.3 Å². The first-order valence-electron chi connectivity index (χ1n) is 8.36. The number of ether oxygens (including phenoxy) is 2. The second-order valence-corrected chi connectivity index (χ2v) is 7.23. The highest BCUT2D eigenvalue weighted by atomic mass is 19.2. The highest BCUT2D eigenvalue weighted by Crippen LogP contribution is 2.59. The highest BCUT2D eigenvalue weighted by Gasteiger charge is 2.61. The van der Waals surface area contributed by atoms with E-state index in [9.17, 15) is 27.2 Å². The number of carbonyl (C=O) groups is 2. The molecule has 0 heterocycles. The number of allylic oxidation sites excluding steroid dienone is 1. The molecule has 154 valence electrons. The Morgan fingerprint density at radius 2 is 1.50 bits per heavy atom. The molecular weight excluding hydrogens is 384 g/mol. The fraction of sp³-hybridized carbons (Fsp3) is 0.474. The second kappa shape index (κ2) is 7.90. The van der Waals surface area contributed by atoms with Crippen molar-refractivity contribution < 1.29 is 41.7 Å². The maximum atomic E-state index is 14.1. The molecule has 0 radical (unpaired) electrons. The molecule has 0 spiro atoms. The van der Waals surface area contributed by atoms with Crippen LogP contribution < -0.4 is 0 Å². The summed E-state index contributed by atoms with van der Waals surface area (Å²) in [7, 11) is 1.11. The van der Waals surface area contributed by atoms with Crippen molar-refractivity contribution in [2.24, 2.45) is 17.3 Å². The molecule has 1 N–H and O–H groups in total. The van der Waals surface area contributed by atoms with Crippen molar-refractivity contribution in [2.75, 3.05) is 7.11 Å². The Balaban J connectivity index is 2.18. The average Bonchev–Trinajstić information content (AvgIpc) is 3.16. The normalized spacial score (nSPS) is 20.8. The summed E-state index contributed by atoms with van der Waals surface area (Å²) in [6.07, 6.45) is 1.41. The van der Waals surface area contributed by atoms with E-state index in [4.69, 9.17) is 9.84 Å². The van der Waals surface area contributed by atoms with Crippen LogP contribution in [0.2, 0.25) is 0 Å². The van der Waals surface area contributed by atoms with E-state index in [1.165, 1.54) is 13.0 Å². The van der Waals surface area contributed by atoms with E-state index in [-0.39, 0.29) is 5.57 Å². The number of carbonyl (C=O) groups excluding carboxylic acids is 1. The van der Waals surface area contributed by atoms with Gasteiger partial charge in [0.05, 0.1) is 23.7 Å². The molecule has 28 heavy (non-hydrogen) atoms. The molecule has 1 aromatic rings. The first-order valence-corrected chi connectivity index (χ1v) is 8.36. The number of benzene rings is 1. The Morgan fingerprint density at radius 1 is 1.04 bits per heavy atom. The summed E-state index contributed by atoms with van der Waals surface area (Å²) in [6, 6.07) is 0. The first-order chi connectivity index (χ1) is 12.9. The van der Waals surface area contributed by atoms with Crippen LogP contribution in [0.5, 0.6) is 0 Å². The van der Waals surface area contributed by atoms with Crippen molar-refractivity contribution in [1.82, 2.24) is 0 Å². The van der Waals surface area contributed by atoms with Crippen molar-refractivity contribution in [3.8, 4) is 0 Å². The molecule has 0 aliphatic heterocycles. The number of carboxylic acid groups (broad SMARTS) is 1. The smallest absolute Gasteiger partial charge is 0.330 e. The zero-order valence-corrected chi connectivity index (χ0v) is 15.7. The van der Waals surface area contributed by atoms with Crippen LogP contribution in [-0.4, -0.2) is 24.2 Å². The summed E-state index contributed by atoms with van der Waals surface area (Å²) in [5, 5.41) is 8.93. The van der Waals surface area contributed by atoms with E-state index in [1.54, 1.807) is 13.8 Å². The molecule has 1 fully saturated rings. The van der Waals surface area contributed by atoms with Gasteiger partial charge in [-0.3, -0.25) is 4.79 Å². The van der Waals surface area contributed by atoms with Crippen molar-refractivity contribution in [1.29, 1.82) is 0 Å². The van der Waals surface area contributed by atoms with Gasteiger partial charge in [-0.15, -0.1) is 0 Å². The molecular formula is C19H20F4O5. The Morgan fingerprint density at radius 3 is 1.93 bits per heavy atom. The van der Waals surface area contributed by atoms with Crippen LogP contribution in [0, 0.1) is 40.5 Å². The third-order valence-electron chi connectivity index (χ3n) is 5.02. The van der Waals surface area contributed by atoms with E-state index in [1.807, 2.05) is 0 Å². The Bertz CT molecular complexity index is 818. The average molecular weight is 404 g/mol. The van der Waals surface area contributed by atoms with Gasteiger partial charge in [-0.2, -0.15) is 0 Å². The number of esters is 1. The number of hydrogen-bond donors (Lipinski definition) is 1. The monoisotopic (exact) mass is 404 g/mol. The molecule has 5 nitrogen and oxygen atoms in total. The van der Waals surface area contributed by atoms with Gasteiger partial charge in [-0.25, -0.2) is 22.4 Å². The summed E-state index contributed by atoms with van der Waals surface area (Å²) < 4.78 is 65.4. The third kappa shape index (κ3) is 3.89. The zero-order valence-electron chi connectivity index (χ0n) is 15.7. The Labute approximate surface area is 158 Å². The molecule has 2 atom stereocenters. The number of hydrogen-bond acceptors (Lipinski definition) is 4. The van der Waals surface area contributed by atoms with Gasteiger partial charge in [0.25, 0.3) is 0 Å². The highest BCUT2D eigenvalue weighted by molar-refractivity contribution is 5.86. The second-order valence-electron chi connectivity index (χ2n) is 7.23. The summed E-state index contributed by atoms with van der Waals surface area (Å²) in [5.41, 5.74) is -2.52. The topological polar surface area (TPSA) is 72.8 Å². The molecule has 0 amide bonds. The van der Waals surface area contributed by atoms with E-state index in [0.29, 0.717) is 0 Å². The van der Waals surface area contributed by atoms with Crippen LogP contribution in [0.3, 0.4) is 0 Å². The van der Waals surface area contributed by atoms with E-state index in [2.05, 4.69) is 4.74 Å². The van der Waals surface area contributed by atoms with Gasteiger partial charge in [0.2, 0.25) is 0 Å². The van der Waals surface area contributed by atoms with Crippen LogP contribution in [0.25, 0.3) is 0 Å². The van der Waals surface area contributed by atoms with E-state index < -0.39 is 76.8 Å². The van der Waals surface area contributed by atoms with Crippen molar-refractivity contribution in [3.63, 3.8) is 0 Å². The first kappa shape index (κ1) is 21.9. The molecule has 1 aliphatic carbocycles. The SMILES string of the molecule is COCc1c(F)c(F)c(COC(=O)C2C(/C=C(\C)C(=O)O)C2(C)C)c(F)c1F. The molecule has 9 heteroatoms. The maximum absolute atomic E-state index is 14.1. The molecule has 2 rings (SSSR count). The third-order valence-corrected chi connectivity index (χ3v) is 5.02. The minimum atomic E-state index is -1.66. The minimum absolute atomic E-state index is 0.0448. The maximum Gasteiger partial charge on any atom is 0.330 e. The van der Waals surface area contributed by atoms with Crippen LogP contribution in [0.4, 0.5) is 17.6 Å². The number of halogens is 4. The molecule has 0 saturated heterocycles. The van der Waals surface area contributed by atoms with Gasteiger partial charge in [0.15, 0.2) is 23.3 Å². The minimum Gasteiger partial charge on any atom is -0.478 e. The van der Waals surface area contributed by atoms with Crippen molar-refractivity contribution in [2.45, 2.75) is 34.0 Å². The van der Waals surface area contributed by atoms with E-state index in [0.717, 1.165) is 7.11 Å². The number of aliphatic carboxylic acids is 1. The van der Waals surface area contributed by atoms with Gasteiger partial charge in [0, 0.05) is 12.7 Å². The van der Waals surface area contributed by atoms with Crippen molar-refractivity contribution >= 4 is 11.9 Å². The lowest BCUT2D eigenvalue weighted by Gasteiger charge is -2.12. The fourth-order valence-corrected chi connectivity index (χ4v) is 3.13. The molecule has 2 unspecified atom stereocenters. The number of methoxy groups -OCH3 is 1. The lowest BCUT2D eigenvalue weighted by molar-refractivity contribution is -0.147. The lowest BCUT2D eigenvalue weighted by Crippen LogP contribution is -2.15. The Kier molecular flexibility index (Phi) is 6.18. The largest absolute Gasteiger partial charge is 0.478 e. The van der Waals surface area contributed by atoms with E-state index >= 15 is 0 Å². The Hall–Kier alpha value is -2.42. The zero-order chi connectivity index (χ0) is 21.4. The molecule has 1 aromatic carbocycles. The molecule has 1 aliphatic rings. The number of carboxylic acids is 1. The molecule has 0 bridgehead atoms. The van der Waals surface area contributed by atoms with Crippen molar-refractivity contribution in [3.05, 3.63) is 46.0 Å². The summed E-state index contributed by atoms with van der Waals surface area (Å²) in [6.45, 7) is 3.11. The predicted octanol–water partition coefficient (Wildman–Crippen LogP) is 3.74. The molecule has 1 saturated carbocycles. The van der Waals surface area contributed by atoms with Crippen LogP contribution in [0.1, 0.15) is 31.9 Å². The lowest BCUT2D eigenvalue weighted by atomic mass is 10.1. The summed E-state index contributed by atoms with van der Waals surface area (Å²) >= 11 is 0. The summed E-state index contributed by atoms with van der Waals surface area (Å²) in [5.74, 6) is -9.71. The van der Waals surface area contributed by atoms with Gasteiger partial charge in [-0.1, -0.05) is 19.9 Å². The summed E-state index contributed by atoms with van der Waals surface area (Å²) in [4.78, 5) is 23.2. The number of rotatable bonds is 7. The van der Waals surface area contributed by atoms with Gasteiger partial charge >= 0.3 is 11.9 Å². The quantitative estimate of drug-likeness (QED) is 0.324. The van der Waals surface area contributed by atoms with Crippen LogP contribution in [0.15, 0.2) is 11.6 Å².